The summed E-state index contributed by atoms with van der Waals surface area (Å²) in [6.45, 7) is 2.04. The molecule has 2 unspecified atom stereocenters. The Balaban J connectivity index is 1.79. The summed E-state index contributed by atoms with van der Waals surface area (Å²) in [6, 6.07) is 8.78. The van der Waals surface area contributed by atoms with Gasteiger partial charge in [0, 0.05) is 11.6 Å². The summed E-state index contributed by atoms with van der Waals surface area (Å²) in [5.41, 5.74) is 2.50. The molecule has 1 aromatic rings. The van der Waals surface area contributed by atoms with Crippen molar-refractivity contribution < 1.29 is 8.42 Å². The van der Waals surface area contributed by atoms with Gasteiger partial charge in [-0.05, 0) is 37.3 Å². The van der Waals surface area contributed by atoms with Crippen molar-refractivity contribution in [2.24, 2.45) is 0 Å². The van der Waals surface area contributed by atoms with Gasteiger partial charge in [0.05, 0.1) is 11.5 Å². The highest BCUT2D eigenvalue weighted by molar-refractivity contribution is 7.91. The van der Waals surface area contributed by atoms with Crippen LogP contribution in [0.2, 0.25) is 0 Å². The minimum absolute atomic E-state index is 0.249. The lowest BCUT2D eigenvalue weighted by molar-refractivity contribution is 0.341. The van der Waals surface area contributed by atoms with Crippen molar-refractivity contribution in [1.29, 1.82) is 0 Å². The molecule has 0 aromatic heterocycles. The third-order valence-corrected chi connectivity index (χ3v) is 6.06. The van der Waals surface area contributed by atoms with E-state index in [1.165, 1.54) is 11.1 Å². The fourth-order valence-electron chi connectivity index (χ4n) is 3.25. The highest BCUT2D eigenvalue weighted by Crippen LogP contribution is 2.34. The van der Waals surface area contributed by atoms with E-state index in [0.717, 1.165) is 19.3 Å². The number of benzene rings is 1. The zero-order chi connectivity index (χ0) is 12.8. The number of aryl methyl sites for hydroxylation is 1. The maximum atomic E-state index is 11.6. The molecule has 18 heavy (non-hydrogen) atoms. The Morgan fingerprint density at radius 1 is 1.33 bits per heavy atom. The molecule has 1 saturated heterocycles. The highest BCUT2D eigenvalue weighted by atomic mass is 32.2. The van der Waals surface area contributed by atoms with Gasteiger partial charge in [-0.1, -0.05) is 24.3 Å². The number of nitrogens with one attached hydrogen (secondary N) is 1. The van der Waals surface area contributed by atoms with Gasteiger partial charge in [-0.2, -0.15) is 0 Å². The van der Waals surface area contributed by atoms with Crippen LogP contribution in [0.4, 0.5) is 0 Å². The average molecular weight is 265 g/mol. The van der Waals surface area contributed by atoms with E-state index in [1.807, 2.05) is 6.92 Å². The molecule has 98 valence electrons. The van der Waals surface area contributed by atoms with Crippen LogP contribution in [0.25, 0.3) is 0 Å². The number of fused-ring (bicyclic) bond motifs is 1. The van der Waals surface area contributed by atoms with E-state index < -0.39 is 9.84 Å². The maximum absolute atomic E-state index is 11.6. The summed E-state index contributed by atoms with van der Waals surface area (Å²) in [6.07, 6.45) is 2.90. The third kappa shape index (κ3) is 2.19. The summed E-state index contributed by atoms with van der Waals surface area (Å²) in [5.74, 6) is 0.601. The second kappa shape index (κ2) is 4.07. The molecular weight excluding hydrogens is 246 g/mol. The maximum Gasteiger partial charge on any atom is 0.152 e. The Morgan fingerprint density at radius 2 is 2.11 bits per heavy atom. The number of hydrogen-bond acceptors (Lipinski definition) is 3. The minimum Gasteiger partial charge on any atom is -0.304 e. The van der Waals surface area contributed by atoms with Crippen LogP contribution in [0.1, 0.15) is 36.9 Å². The Labute approximate surface area is 109 Å². The molecule has 0 amide bonds. The van der Waals surface area contributed by atoms with Crippen molar-refractivity contribution in [1.82, 2.24) is 5.32 Å². The zero-order valence-corrected chi connectivity index (χ0v) is 11.5. The fourth-order valence-corrected chi connectivity index (χ4v) is 5.36. The normalized spacial score (nSPS) is 33.5. The topological polar surface area (TPSA) is 46.2 Å². The van der Waals surface area contributed by atoms with Gasteiger partial charge in [0.15, 0.2) is 9.84 Å². The van der Waals surface area contributed by atoms with Crippen molar-refractivity contribution in [3.8, 4) is 0 Å². The van der Waals surface area contributed by atoms with Crippen molar-refractivity contribution in [2.45, 2.75) is 37.8 Å². The molecule has 0 radical (unpaired) electrons. The highest BCUT2D eigenvalue weighted by Gasteiger charge is 2.40. The van der Waals surface area contributed by atoms with Gasteiger partial charge in [-0.15, -0.1) is 0 Å². The third-order valence-electron chi connectivity index (χ3n) is 4.16. The van der Waals surface area contributed by atoms with E-state index in [4.69, 9.17) is 0 Å². The molecule has 1 heterocycles. The van der Waals surface area contributed by atoms with Crippen molar-refractivity contribution >= 4 is 9.84 Å². The van der Waals surface area contributed by atoms with E-state index in [-0.39, 0.29) is 11.3 Å². The van der Waals surface area contributed by atoms with Gasteiger partial charge in [0.2, 0.25) is 0 Å². The predicted octanol–water partition coefficient (Wildman–Crippen LogP) is 1.84. The number of hydrogen-bond donors (Lipinski definition) is 1. The average Bonchev–Trinajstić information content (AvgIpc) is 2.82. The van der Waals surface area contributed by atoms with Crippen LogP contribution in [0.5, 0.6) is 0 Å². The Kier molecular flexibility index (Phi) is 2.75. The second-order valence-electron chi connectivity index (χ2n) is 5.84. The molecule has 3 rings (SSSR count). The fraction of sp³-hybridized carbons (Fsp3) is 0.571. The first kappa shape index (κ1) is 12.2. The summed E-state index contributed by atoms with van der Waals surface area (Å²) >= 11 is 0. The second-order valence-corrected chi connectivity index (χ2v) is 8.02. The van der Waals surface area contributed by atoms with Crippen molar-refractivity contribution in [2.75, 3.05) is 11.5 Å². The van der Waals surface area contributed by atoms with Gasteiger partial charge < -0.3 is 5.32 Å². The first-order chi connectivity index (χ1) is 8.48. The van der Waals surface area contributed by atoms with Crippen molar-refractivity contribution in [3.05, 3.63) is 35.4 Å². The van der Waals surface area contributed by atoms with Crippen LogP contribution < -0.4 is 5.32 Å². The summed E-state index contributed by atoms with van der Waals surface area (Å²) in [7, 11) is -2.84. The lowest BCUT2D eigenvalue weighted by atomic mass is 9.98. The molecule has 1 aliphatic carbocycles. The minimum atomic E-state index is -2.84. The first-order valence-electron chi connectivity index (χ1n) is 6.53. The Hall–Kier alpha value is -0.870. The van der Waals surface area contributed by atoms with E-state index in [9.17, 15) is 8.42 Å². The number of sulfone groups is 1. The van der Waals surface area contributed by atoms with E-state index in [1.54, 1.807) is 0 Å². The van der Waals surface area contributed by atoms with Crippen LogP contribution in [0.3, 0.4) is 0 Å². The molecule has 4 heteroatoms. The van der Waals surface area contributed by atoms with E-state index in [2.05, 4.69) is 29.6 Å². The van der Waals surface area contributed by atoms with Crippen LogP contribution in [0, 0.1) is 0 Å². The van der Waals surface area contributed by atoms with E-state index >= 15 is 0 Å². The van der Waals surface area contributed by atoms with Crippen molar-refractivity contribution in [3.63, 3.8) is 0 Å². The number of rotatable bonds is 2. The molecule has 3 nitrogen and oxygen atoms in total. The summed E-state index contributed by atoms with van der Waals surface area (Å²) in [5, 5.41) is 3.59. The first-order valence-corrected chi connectivity index (χ1v) is 8.36. The smallest absolute Gasteiger partial charge is 0.152 e. The molecule has 0 bridgehead atoms. The molecular formula is C14H19NO2S. The van der Waals surface area contributed by atoms with Crippen LogP contribution >= 0.6 is 0 Å². The van der Waals surface area contributed by atoms with Gasteiger partial charge in [0.1, 0.15) is 0 Å². The SMILES string of the molecule is CC1(NC2CCc3ccccc32)CCS(=O)(=O)C1. The van der Waals surface area contributed by atoms with Gasteiger partial charge in [0.25, 0.3) is 0 Å². The summed E-state index contributed by atoms with van der Waals surface area (Å²) < 4.78 is 23.3. The van der Waals surface area contributed by atoms with Crippen LogP contribution in [-0.2, 0) is 16.3 Å². The van der Waals surface area contributed by atoms with Crippen LogP contribution in [-0.4, -0.2) is 25.5 Å². The lowest BCUT2D eigenvalue weighted by Gasteiger charge is -2.29. The predicted molar refractivity (Wildman–Crippen MR) is 72.3 cm³/mol. The molecule has 1 N–H and O–H groups in total. The molecule has 1 aromatic carbocycles. The molecule has 0 spiro atoms. The molecule has 1 aliphatic heterocycles. The van der Waals surface area contributed by atoms with Gasteiger partial charge in [-0.3, -0.25) is 0 Å². The molecule has 1 fully saturated rings. The van der Waals surface area contributed by atoms with E-state index in [0.29, 0.717) is 11.8 Å². The zero-order valence-electron chi connectivity index (χ0n) is 10.6. The van der Waals surface area contributed by atoms with Crippen LogP contribution in [0.15, 0.2) is 24.3 Å². The molecule has 2 aliphatic rings. The Morgan fingerprint density at radius 3 is 2.83 bits per heavy atom. The Bertz CT molecular complexity index is 567. The standard InChI is InChI=1S/C14H19NO2S/c1-14(8-9-18(16,17)10-14)15-13-7-6-11-4-2-3-5-12(11)13/h2-5,13,15H,6-10H2,1H3. The largest absolute Gasteiger partial charge is 0.304 e. The quantitative estimate of drug-likeness (QED) is 0.887. The lowest BCUT2D eigenvalue weighted by Crippen LogP contribution is -2.44. The molecule has 2 atom stereocenters. The summed E-state index contributed by atoms with van der Waals surface area (Å²) in [4.78, 5) is 0. The molecule has 0 saturated carbocycles. The monoisotopic (exact) mass is 265 g/mol. The van der Waals surface area contributed by atoms with Gasteiger partial charge >= 0.3 is 0 Å². The van der Waals surface area contributed by atoms with Gasteiger partial charge in [-0.25, -0.2) is 8.42 Å².